The van der Waals surface area contributed by atoms with E-state index < -0.39 is 12.0 Å². The van der Waals surface area contributed by atoms with Gasteiger partial charge in [0.1, 0.15) is 17.5 Å². The Morgan fingerprint density at radius 3 is 2.33 bits per heavy atom. The highest BCUT2D eigenvalue weighted by atomic mass is 16.5. The summed E-state index contributed by atoms with van der Waals surface area (Å²) in [7, 11) is 3.17. The van der Waals surface area contributed by atoms with Crippen LogP contribution in [0.15, 0.2) is 24.5 Å². The first kappa shape index (κ1) is 14.9. The minimum absolute atomic E-state index is 0.661. The van der Waals surface area contributed by atoms with E-state index in [4.69, 9.17) is 14.6 Å². The Bertz CT molecular complexity index is 638. The fourth-order valence-electron chi connectivity index (χ4n) is 2.12. The summed E-state index contributed by atoms with van der Waals surface area (Å²) in [5.41, 5.74) is 2.52. The molecular weight excluding hydrogens is 272 g/mol. The third-order valence-corrected chi connectivity index (χ3v) is 3.29. The second-order valence-electron chi connectivity index (χ2n) is 4.77. The van der Waals surface area contributed by atoms with E-state index in [2.05, 4.69) is 5.10 Å². The minimum atomic E-state index is -0.938. The zero-order valence-corrected chi connectivity index (χ0v) is 12.5. The van der Waals surface area contributed by atoms with Crippen LogP contribution in [-0.4, -0.2) is 35.1 Å². The second kappa shape index (κ2) is 5.87. The molecule has 21 heavy (non-hydrogen) atoms. The summed E-state index contributed by atoms with van der Waals surface area (Å²) >= 11 is 0. The molecule has 0 fully saturated rings. The van der Waals surface area contributed by atoms with Gasteiger partial charge in [-0.1, -0.05) is 0 Å². The molecular formula is C15H18N2O4. The van der Waals surface area contributed by atoms with E-state index in [0.29, 0.717) is 11.5 Å². The van der Waals surface area contributed by atoms with Gasteiger partial charge >= 0.3 is 5.97 Å². The van der Waals surface area contributed by atoms with Gasteiger partial charge in [0.25, 0.3) is 0 Å². The molecule has 0 aliphatic carbocycles. The molecule has 1 atom stereocenters. The van der Waals surface area contributed by atoms with Crippen LogP contribution in [0.4, 0.5) is 0 Å². The van der Waals surface area contributed by atoms with Gasteiger partial charge in [0.2, 0.25) is 0 Å². The Morgan fingerprint density at radius 1 is 1.29 bits per heavy atom. The zero-order valence-electron chi connectivity index (χ0n) is 12.5. The number of rotatable bonds is 5. The molecule has 6 heteroatoms. The van der Waals surface area contributed by atoms with Crippen molar-refractivity contribution in [3.63, 3.8) is 0 Å². The maximum atomic E-state index is 11.0. The zero-order chi connectivity index (χ0) is 15.6. The number of hydrogen-bond donors (Lipinski definition) is 1. The van der Waals surface area contributed by atoms with Gasteiger partial charge in [-0.2, -0.15) is 5.10 Å². The lowest BCUT2D eigenvalue weighted by Crippen LogP contribution is -2.15. The molecule has 2 rings (SSSR count). The Labute approximate surface area is 122 Å². The molecule has 112 valence electrons. The van der Waals surface area contributed by atoms with Crippen LogP contribution < -0.4 is 9.47 Å². The second-order valence-corrected chi connectivity index (χ2v) is 4.77. The molecule has 2 aromatic rings. The fourth-order valence-corrected chi connectivity index (χ4v) is 2.12. The number of aryl methyl sites for hydroxylation is 1. The maximum absolute atomic E-state index is 11.0. The lowest BCUT2D eigenvalue weighted by molar-refractivity contribution is -0.140. The van der Waals surface area contributed by atoms with Gasteiger partial charge in [0, 0.05) is 11.8 Å². The number of aliphatic carboxylic acids is 1. The summed E-state index contributed by atoms with van der Waals surface area (Å²) in [4.78, 5) is 11.0. The number of carboxylic acids is 1. The SMILES string of the molecule is COc1cc(C)cc(OC)c1-c1cnn([C@@H](C)C(=O)O)c1. The van der Waals surface area contributed by atoms with Crippen LogP contribution in [0.1, 0.15) is 18.5 Å². The molecule has 0 amide bonds. The summed E-state index contributed by atoms with van der Waals surface area (Å²) in [6.07, 6.45) is 3.28. The highest BCUT2D eigenvalue weighted by Crippen LogP contribution is 2.39. The first-order chi connectivity index (χ1) is 9.97. The molecule has 0 radical (unpaired) electrons. The van der Waals surface area contributed by atoms with Crippen LogP contribution in [-0.2, 0) is 4.79 Å². The van der Waals surface area contributed by atoms with E-state index in [1.54, 1.807) is 33.5 Å². The highest BCUT2D eigenvalue weighted by molar-refractivity contribution is 5.77. The minimum Gasteiger partial charge on any atom is -0.496 e. The van der Waals surface area contributed by atoms with Crippen LogP contribution in [0.25, 0.3) is 11.1 Å². The Kier molecular flexibility index (Phi) is 4.16. The normalized spacial score (nSPS) is 12.0. The molecule has 6 nitrogen and oxygen atoms in total. The van der Waals surface area contributed by atoms with Crippen LogP contribution in [0, 0.1) is 6.92 Å². The monoisotopic (exact) mass is 290 g/mol. The van der Waals surface area contributed by atoms with Gasteiger partial charge in [0.15, 0.2) is 0 Å². The standard InChI is InChI=1S/C15H18N2O4/c1-9-5-12(20-3)14(13(6-9)21-4)11-7-16-17(8-11)10(2)15(18)19/h5-8,10H,1-4H3,(H,18,19)/t10-/m0/s1. The van der Waals surface area contributed by atoms with Crippen molar-refractivity contribution < 1.29 is 19.4 Å². The number of benzene rings is 1. The van der Waals surface area contributed by atoms with Crippen molar-refractivity contribution in [3.05, 3.63) is 30.1 Å². The number of ether oxygens (including phenoxy) is 2. The van der Waals surface area contributed by atoms with Crippen LogP contribution in [0.3, 0.4) is 0 Å². The number of aromatic nitrogens is 2. The van der Waals surface area contributed by atoms with Crippen molar-refractivity contribution in [2.45, 2.75) is 19.9 Å². The number of nitrogens with zero attached hydrogens (tertiary/aromatic N) is 2. The van der Waals surface area contributed by atoms with E-state index in [0.717, 1.165) is 16.7 Å². The summed E-state index contributed by atoms with van der Waals surface area (Å²) < 4.78 is 12.2. The first-order valence-electron chi connectivity index (χ1n) is 6.48. The number of carbonyl (C=O) groups is 1. The summed E-state index contributed by atoms with van der Waals surface area (Å²) in [5.74, 6) is 0.385. The molecule has 1 aromatic heterocycles. The number of methoxy groups -OCH3 is 2. The first-order valence-corrected chi connectivity index (χ1v) is 6.48. The van der Waals surface area contributed by atoms with Crippen molar-refractivity contribution in [3.8, 4) is 22.6 Å². The Hall–Kier alpha value is -2.50. The van der Waals surface area contributed by atoms with E-state index in [9.17, 15) is 4.79 Å². The van der Waals surface area contributed by atoms with Crippen LogP contribution in [0.5, 0.6) is 11.5 Å². The molecule has 0 saturated heterocycles. The molecule has 1 N–H and O–H groups in total. The van der Waals surface area contributed by atoms with E-state index >= 15 is 0 Å². The van der Waals surface area contributed by atoms with E-state index in [1.165, 1.54) is 4.68 Å². The molecule has 0 unspecified atom stereocenters. The lowest BCUT2D eigenvalue weighted by Gasteiger charge is -2.13. The Balaban J connectivity index is 2.54. The van der Waals surface area contributed by atoms with Gasteiger partial charge in [-0.25, -0.2) is 4.79 Å². The molecule has 1 heterocycles. The van der Waals surface area contributed by atoms with Gasteiger partial charge in [-0.15, -0.1) is 0 Å². The van der Waals surface area contributed by atoms with Crippen molar-refractivity contribution >= 4 is 5.97 Å². The number of carboxylic acid groups (broad SMARTS) is 1. The highest BCUT2D eigenvalue weighted by Gasteiger charge is 2.19. The number of hydrogen-bond acceptors (Lipinski definition) is 4. The van der Waals surface area contributed by atoms with Gasteiger partial charge in [0.05, 0.1) is 26.0 Å². The molecule has 0 spiro atoms. The van der Waals surface area contributed by atoms with Crippen molar-refractivity contribution in [2.75, 3.05) is 14.2 Å². The summed E-state index contributed by atoms with van der Waals surface area (Å²) in [5, 5.41) is 13.2. The van der Waals surface area contributed by atoms with Gasteiger partial charge in [-0.05, 0) is 31.5 Å². The maximum Gasteiger partial charge on any atom is 0.328 e. The lowest BCUT2D eigenvalue weighted by atomic mass is 10.0. The van der Waals surface area contributed by atoms with Crippen molar-refractivity contribution in [2.24, 2.45) is 0 Å². The average Bonchev–Trinajstić information content (AvgIpc) is 2.94. The molecule has 1 aromatic carbocycles. The Morgan fingerprint density at radius 2 is 1.86 bits per heavy atom. The predicted octanol–water partition coefficient (Wildman–Crippen LogP) is 2.52. The quantitative estimate of drug-likeness (QED) is 0.916. The van der Waals surface area contributed by atoms with Crippen LogP contribution in [0.2, 0.25) is 0 Å². The molecule has 0 saturated carbocycles. The summed E-state index contributed by atoms with van der Waals surface area (Å²) in [6.45, 7) is 3.52. The smallest absolute Gasteiger partial charge is 0.328 e. The van der Waals surface area contributed by atoms with Crippen molar-refractivity contribution in [1.29, 1.82) is 0 Å². The largest absolute Gasteiger partial charge is 0.496 e. The third kappa shape index (κ3) is 2.84. The fraction of sp³-hybridized carbons (Fsp3) is 0.333. The molecule has 0 aliphatic heterocycles. The van der Waals surface area contributed by atoms with Crippen LogP contribution >= 0.6 is 0 Å². The topological polar surface area (TPSA) is 73.6 Å². The molecule has 0 bridgehead atoms. The molecule has 0 aliphatic rings. The summed E-state index contributed by atoms with van der Waals surface area (Å²) in [6, 6.07) is 3.06. The third-order valence-electron chi connectivity index (χ3n) is 3.29. The van der Waals surface area contributed by atoms with Gasteiger partial charge < -0.3 is 14.6 Å². The van der Waals surface area contributed by atoms with Crippen molar-refractivity contribution in [1.82, 2.24) is 9.78 Å². The average molecular weight is 290 g/mol. The predicted molar refractivity (Wildman–Crippen MR) is 77.9 cm³/mol. The van der Waals surface area contributed by atoms with Gasteiger partial charge in [-0.3, -0.25) is 4.68 Å². The van der Waals surface area contributed by atoms with E-state index in [-0.39, 0.29) is 0 Å². The van der Waals surface area contributed by atoms with E-state index in [1.807, 2.05) is 19.1 Å².